The van der Waals surface area contributed by atoms with Gasteiger partial charge < -0.3 is 9.13 Å². The minimum absolute atomic E-state index is 0.560. The van der Waals surface area contributed by atoms with Crippen molar-refractivity contribution in [1.82, 2.24) is 19.1 Å². The molecule has 0 aliphatic rings. The summed E-state index contributed by atoms with van der Waals surface area (Å²) in [6, 6.07) is 63.0. The van der Waals surface area contributed by atoms with Crippen molar-refractivity contribution in [3.63, 3.8) is 0 Å². The molecule has 0 amide bonds. The Kier molecular flexibility index (Phi) is 6.80. The number of fused-ring (bicyclic) bond motifs is 6. The largest absolute Gasteiger partial charge is 0.309 e. The second kappa shape index (κ2) is 11.9. The van der Waals surface area contributed by atoms with E-state index in [1.807, 2.05) is 66.7 Å². The van der Waals surface area contributed by atoms with Crippen molar-refractivity contribution >= 4 is 43.6 Å². The van der Waals surface area contributed by atoms with E-state index in [2.05, 4.69) is 124 Å². The van der Waals surface area contributed by atoms with Gasteiger partial charge in [0.1, 0.15) is 6.07 Å². The third-order valence-corrected chi connectivity index (χ3v) is 9.96. The average Bonchev–Trinajstić information content (AvgIpc) is 3.72. The average molecular weight is 664 g/mol. The van der Waals surface area contributed by atoms with Gasteiger partial charge in [0.15, 0.2) is 5.82 Å². The Morgan fingerprint density at radius 1 is 0.404 bits per heavy atom. The van der Waals surface area contributed by atoms with E-state index in [0.29, 0.717) is 11.4 Å². The number of nitrogens with zero attached hydrogens (tertiary/aromatic N) is 5. The molecule has 3 aromatic heterocycles. The highest BCUT2D eigenvalue weighted by atomic mass is 15.0. The van der Waals surface area contributed by atoms with Gasteiger partial charge in [-0.2, -0.15) is 5.26 Å². The molecule has 7 aromatic carbocycles. The summed E-state index contributed by atoms with van der Waals surface area (Å²) in [5.74, 6) is 0.639. The van der Waals surface area contributed by atoms with Gasteiger partial charge in [0.05, 0.1) is 44.7 Å². The van der Waals surface area contributed by atoms with Crippen LogP contribution in [-0.4, -0.2) is 19.1 Å². The molecule has 10 aromatic rings. The summed E-state index contributed by atoms with van der Waals surface area (Å²) in [4.78, 5) is 9.99. The van der Waals surface area contributed by atoms with Crippen LogP contribution in [0.15, 0.2) is 176 Å². The molecule has 52 heavy (non-hydrogen) atoms. The van der Waals surface area contributed by atoms with Crippen LogP contribution in [0.1, 0.15) is 5.56 Å². The van der Waals surface area contributed by atoms with Gasteiger partial charge >= 0.3 is 0 Å². The highest BCUT2D eigenvalue weighted by Gasteiger charge is 2.20. The molecular weight excluding hydrogens is 635 g/mol. The summed E-state index contributed by atoms with van der Waals surface area (Å²) in [6.07, 6.45) is 0. The third-order valence-electron chi connectivity index (χ3n) is 9.96. The zero-order chi connectivity index (χ0) is 34.6. The van der Waals surface area contributed by atoms with E-state index in [-0.39, 0.29) is 0 Å². The fraction of sp³-hybridized carbons (Fsp3) is 0. The Morgan fingerprint density at radius 3 is 1.60 bits per heavy atom. The molecule has 0 spiro atoms. The first-order chi connectivity index (χ1) is 25.7. The van der Waals surface area contributed by atoms with Crippen LogP contribution in [0.4, 0.5) is 0 Å². The molecule has 0 fully saturated rings. The van der Waals surface area contributed by atoms with Gasteiger partial charge in [0, 0.05) is 43.9 Å². The molecular formula is C47H29N5. The van der Waals surface area contributed by atoms with Gasteiger partial charge in [0.25, 0.3) is 0 Å². The van der Waals surface area contributed by atoms with Crippen molar-refractivity contribution in [3.05, 3.63) is 181 Å². The zero-order valence-electron chi connectivity index (χ0n) is 28.0. The van der Waals surface area contributed by atoms with Crippen LogP contribution >= 0.6 is 0 Å². The first-order valence-electron chi connectivity index (χ1n) is 17.3. The molecule has 5 nitrogen and oxygen atoms in total. The van der Waals surface area contributed by atoms with E-state index in [1.54, 1.807) is 0 Å². The highest BCUT2D eigenvalue weighted by molar-refractivity contribution is 6.19. The van der Waals surface area contributed by atoms with Crippen molar-refractivity contribution in [2.45, 2.75) is 0 Å². The normalized spacial score (nSPS) is 11.4. The van der Waals surface area contributed by atoms with Crippen LogP contribution < -0.4 is 0 Å². The Balaban J connectivity index is 1.21. The number of para-hydroxylation sites is 3. The number of nitriles is 1. The molecule has 242 valence electrons. The van der Waals surface area contributed by atoms with Gasteiger partial charge in [-0.3, -0.25) is 0 Å². The fourth-order valence-corrected chi connectivity index (χ4v) is 7.59. The monoisotopic (exact) mass is 663 g/mol. The molecule has 0 aliphatic carbocycles. The summed E-state index contributed by atoms with van der Waals surface area (Å²) < 4.78 is 4.58. The number of benzene rings is 7. The first kappa shape index (κ1) is 29.6. The van der Waals surface area contributed by atoms with Gasteiger partial charge in [-0.05, 0) is 54.6 Å². The summed E-state index contributed by atoms with van der Waals surface area (Å²) in [7, 11) is 0. The minimum Gasteiger partial charge on any atom is -0.309 e. The molecule has 0 bridgehead atoms. The Bertz CT molecular complexity index is 2950. The van der Waals surface area contributed by atoms with Crippen LogP contribution in [0.5, 0.6) is 0 Å². The quantitative estimate of drug-likeness (QED) is 0.184. The van der Waals surface area contributed by atoms with Gasteiger partial charge in [-0.15, -0.1) is 0 Å². The van der Waals surface area contributed by atoms with Crippen molar-refractivity contribution in [2.75, 3.05) is 0 Å². The Hall–Kier alpha value is -7.29. The molecule has 0 saturated heterocycles. The van der Waals surface area contributed by atoms with Crippen LogP contribution in [0.3, 0.4) is 0 Å². The van der Waals surface area contributed by atoms with Crippen LogP contribution in [0, 0.1) is 11.3 Å². The number of aromatic nitrogens is 4. The highest BCUT2D eigenvalue weighted by Crippen LogP contribution is 2.40. The number of hydrogen-bond donors (Lipinski definition) is 0. The van der Waals surface area contributed by atoms with E-state index in [0.717, 1.165) is 72.3 Å². The van der Waals surface area contributed by atoms with E-state index < -0.39 is 0 Å². The Morgan fingerprint density at radius 2 is 0.942 bits per heavy atom. The summed E-state index contributed by atoms with van der Waals surface area (Å²) >= 11 is 0. The lowest BCUT2D eigenvalue weighted by Gasteiger charge is -2.13. The Labute approximate surface area is 299 Å². The minimum atomic E-state index is 0.560. The summed E-state index contributed by atoms with van der Waals surface area (Å²) in [5, 5.41) is 15.4. The van der Waals surface area contributed by atoms with Gasteiger partial charge in [-0.1, -0.05) is 121 Å². The number of hydrogen-bond acceptors (Lipinski definition) is 3. The van der Waals surface area contributed by atoms with Gasteiger partial charge in [-0.25, -0.2) is 9.97 Å². The lowest BCUT2D eigenvalue weighted by Crippen LogP contribution is -2.00. The zero-order valence-corrected chi connectivity index (χ0v) is 28.0. The fourth-order valence-electron chi connectivity index (χ4n) is 7.59. The molecule has 0 unspecified atom stereocenters. The molecule has 0 aliphatic heterocycles. The summed E-state index contributed by atoms with van der Waals surface area (Å²) in [5.41, 5.74) is 11.2. The van der Waals surface area contributed by atoms with E-state index >= 15 is 0 Å². The maximum Gasteiger partial charge on any atom is 0.160 e. The van der Waals surface area contributed by atoms with E-state index in [4.69, 9.17) is 9.97 Å². The predicted molar refractivity (Wildman–Crippen MR) is 212 cm³/mol. The van der Waals surface area contributed by atoms with Crippen LogP contribution in [0.25, 0.3) is 88.9 Å². The lowest BCUT2D eigenvalue weighted by molar-refractivity contribution is 1.15. The molecule has 10 rings (SSSR count). The molecule has 0 N–H and O–H groups in total. The third kappa shape index (κ3) is 4.70. The van der Waals surface area contributed by atoms with Crippen molar-refractivity contribution in [2.24, 2.45) is 0 Å². The molecule has 0 atom stereocenters. The first-order valence-corrected chi connectivity index (χ1v) is 17.3. The van der Waals surface area contributed by atoms with Crippen LogP contribution in [0.2, 0.25) is 0 Å². The number of rotatable bonds is 5. The maximum atomic E-state index is 10.8. The van der Waals surface area contributed by atoms with Crippen LogP contribution in [-0.2, 0) is 0 Å². The van der Waals surface area contributed by atoms with Gasteiger partial charge in [0.2, 0.25) is 0 Å². The second-order valence-corrected chi connectivity index (χ2v) is 13.0. The molecule has 0 saturated carbocycles. The van der Waals surface area contributed by atoms with E-state index in [9.17, 15) is 5.26 Å². The molecule has 3 heterocycles. The van der Waals surface area contributed by atoms with Crippen molar-refractivity contribution in [3.8, 4) is 51.3 Å². The molecule has 0 radical (unpaired) electrons. The summed E-state index contributed by atoms with van der Waals surface area (Å²) in [6.45, 7) is 0. The smallest absolute Gasteiger partial charge is 0.160 e. The van der Waals surface area contributed by atoms with Crippen molar-refractivity contribution < 1.29 is 0 Å². The lowest BCUT2D eigenvalue weighted by atomic mass is 10.0. The standard InChI is InChI=1S/C47H29N5/c48-30-34-26-33(41-28-40(31-14-4-1-5-15-31)49-47(50-41)32-16-6-2-7-17-32)24-25-42(34)52-44-23-13-11-21-37(44)39-27-38-36-20-10-12-22-43(36)51(45(38)29-46(39)52)35-18-8-3-9-19-35/h1-29H. The van der Waals surface area contributed by atoms with Crippen molar-refractivity contribution in [1.29, 1.82) is 5.26 Å². The van der Waals surface area contributed by atoms with E-state index in [1.165, 1.54) is 10.8 Å². The topological polar surface area (TPSA) is 59.4 Å². The molecule has 5 heteroatoms. The SMILES string of the molecule is N#Cc1cc(-c2cc(-c3ccccc3)nc(-c3ccccc3)n2)ccc1-n1c2ccccc2c2cc3c4ccccc4n(-c4ccccc4)c3cc21. The second-order valence-electron chi connectivity index (χ2n) is 13.0. The predicted octanol–water partition coefficient (Wildman–Crippen LogP) is 11.5. The maximum absolute atomic E-state index is 10.8.